The largest absolute Gasteiger partial charge is 0.486 e. The molecule has 1 amide bonds. The zero-order chi connectivity index (χ0) is 19.7. The number of carbonyl (C=O) groups excluding carboxylic acids is 1. The molecule has 2 unspecified atom stereocenters. The molecular weight excluding hydrogens is 415 g/mol. The highest BCUT2D eigenvalue weighted by Crippen LogP contribution is 2.50. The number of anilines is 1. The second-order valence-corrected chi connectivity index (χ2v) is 7.56. The third-order valence-corrected chi connectivity index (χ3v) is 5.64. The number of nitrogens with zero attached hydrogens (tertiary/aromatic N) is 2. The first-order valence-corrected chi connectivity index (χ1v) is 9.19. The Hall–Kier alpha value is -1.80. The van der Waals surface area contributed by atoms with E-state index in [4.69, 9.17) is 15.2 Å². The first-order valence-electron chi connectivity index (χ1n) is 9.19. The molecule has 2 aromatic rings. The van der Waals surface area contributed by atoms with E-state index in [1.165, 1.54) is 0 Å². The van der Waals surface area contributed by atoms with Crippen LogP contribution in [-0.4, -0.2) is 33.7 Å². The zero-order valence-electron chi connectivity index (χ0n) is 17.2. The fourth-order valence-corrected chi connectivity index (χ4v) is 3.38. The summed E-state index contributed by atoms with van der Waals surface area (Å²) in [6.45, 7) is 6.90. The van der Waals surface area contributed by atoms with Crippen LogP contribution >= 0.6 is 24.8 Å². The van der Waals surface area contributed by atoms with Crippen LogP contribution in [0.25, 0.3) is 0 Å². The predicted molar refractivity (Wildman–Crippen MR) is 118 cm³/mol. The van der Waals surface area contributed by atoms with Crippen LogP contribution in [0.4, 0.5) is 5.69 Å². The molecule has 1 aliphatic carbocycles. The highest BCUT2D eigenvalue weighted by Gasteiger charge is 2.62. The van der Waals surface area contributed by atoms with Gasteiger partial charge in [-0.3, -0.25) is 4.79 Å². The maximum absolute atomic E-state index is 12.8. The summed E-state index contributed by atoms with van der Waals surface area (Å²) in [6.07, 6.45) is 4.13. The first-order chi connectivity index (χ1) is 12.8. The third kappa shape index (κ3) is 4.86. The number of benzene rings is 1. The van der Waals surface area contributed by atoms with Crippen molar-refractivity contribution >= 4 is 36.4 Å². The van der Waals surface area contributed by atoms with E-state index in [1.807, 2.05) is 50.7 Å². The van der Waals surface area contributed by atoms with E-state index < -0.39 is 11.0 Å². The summed E-state index contributed by atoms with van der Waals surface area (Å²) in [5, 5.41) is 2.92. The molecule has 0 bridgehead atoms. The predicted octanol–water partition coefficient (Wildman–Crippen LogP) is 3.31. The maximum Gasteiger partial charge on any atom is 0.245 e. The van der Waals surface area contributed by atoms with Crippen LogP contribution in [0.5, 0.6) is 5.75 Å². The number of aryl methyl sites for hydroxylation is 1. The standard InChI is InChI=1S/C20H28N4O3.2ClH/c1-5-26-16-12-20(21,19(16,2)3)18(25)23-14-6-8-15(9-7-14)27-13-17-22-10-11-24(17)4;;/h6-11,16H,5,12-13,21H2,1-4H3,(H,23,25);2*1H. The van der Waals surface area contributed by atoms with Gasteiger partial charge in [0.25, 0.3) is 0 Å². The molecule has 2 atom stereocenters. The van der Waals surface area contributed by atoms with Gasteiger partial charge in [-0.1, -0.05) is 13.8 Å². The van der Waals surface area contributed by atoms with Gasteiger partial charge in [0, 0.05) is 43.6 Å². The van der Waals surface area contributed by atoms with E-state index in [-0.39, 0.29) is 36.8 Å². The molecule has 7 nitrogen and oxygen atoms in total. The summed E-state index contributed by atoms with van der Waals surface area (Å²) in [6, 6.07) is 7.24. The van der Waals surface area contributed by atoms with Gasteiger partial charge < -0.3 is 25.1 Å². The summed E-state index contributed by atoms with van der Waals surface area (Å²) < 4.78 is 13.3. The number of ether oxygens (including phenoxy) is 2. The molecule has 1 aromatic heterocycles. The van der Waals surface area contributed by atoms with Crippen molar-refractivity contribution in [3.05, 3.63) is 42.5 Å². The number of imidazole rings is 1. The Bertz CT molecular complexity index is 810. The van der Waals surface area contributed by atoms with Gasteiger partial charge in [-0.15, -0.1) is 24.8 Å². The number of nitrogens with one attached hydrogen (secondary N) is 1. The Balaban J connectivity index is 0.00000210. The summed E-state index contributed by atoms with van der Waals surface area (Å²) >= 11 is 0. The molecule has 0 aliphatic heterocycles. The monoisotopic (exact) mass is 444 g/mol. The van der Waals surface area contributed by atoms with Crippen molar-refractivity contribution in [3.8, 4) is 5.75 Å². The van der Waals surface area contributed by atoms with Crippen molar-refractivity contribution in [3.63, 3.8) is 0 Å². The Kier molecular flexibility index (Phi) is 8.53. The second kappa shape index (κ2) is 9.80. The van der Waals surface area contributed by atoms with E-state index in [2.05, 4.69) is 10.3 Å². The Morgan fingerprint density at radius 1 is 1.31 bits per heavy atom. The minimum Gasteiger partial charge on any atom is -0.486 e. The summed E-state index contributed by atoms with van der Waals surface area (Å²) in [5.41, 5.74) is 5.73. The van der Waals surface area contributed by atoms with Crippen molar-refractivity contribution in [2.45, 2.75) is 45.4 Å². The Morgan fingerprint density at radius 2 is 1.97 bits per heavy atom. The van der Waals surface area contributed by atoms with Crippen LogP contribution in [0.15, 0.2) is 36.7 Å². The Morgan fingerprint density at radius 3 is 2.48 bits per heavy atom. The lowest BCUT2D eigenvalue weighted by Gasteiger charge is -2.57. The zero-order valence-corrected chi connectivity index (χ0v) is 18.8. The minimum atomic E-state index is -0.944. The van der Waals surface area contributed by atoms with Crippen molar-refractivity contribution in [2.24, 2.45) is 18.2 Å². The number of hydrogen-bond acceptors (Lipinski definition) is 5. The molecular formula is C20H30Cl2N4O3. The third-order valence-electron chi connectivity index (χ3n) is 5.64. The molecule has 9 heteroatoms. The lowest BCUT2D eigenvalue weighted by molar-refractivity contribution is -0.166. The van der Waals surface area contributed by atoms with Crippen molar-refractivity contribution in [1.29, 1.82) is 0 Å². The lowest BCUT2D eigenvalue weighted by atomic mass is 9.54. The fraction of sp³-hybridized carbons (Fsp3) is 0.500. The molecule has 1 fully saturated rings. The average Bonchev–Trinajstić information content (AvgIpc) is 3.05. The number of nitrogens with two attached hydrogens (primary N) is 1. The van der Waals surface area contributed by atoms with Gasteiger partial charge in [0.15, 0.2) is 0 Å². The first kappa shape index (κ1) is 25.2. The Labute approximate surface area is 184 Å². The molecule has 162 valence electrons. The number of rotatable bonds is 7. The molecule has 0 radical (unpaired) electrons. The second-order valence-electron chi connectivity index (χ2n) is 7.56. The van der Waals surface area contributed by atoms with Gasteiger partial charge in [-0.05, 0) is 31.2 Å². The van der Waals surface area contributed by atoms with Gasteiger partial charge in [0.1, 0.15) is 23.7 Å². The summed E-state index contributed by atoms with van der Waals surface area (Å²) in [4.78, 5) is 17.0. The van der Waals surface area contributed by atoms with Crippen LogP contribution in [-0.2, 0) is 23.2 Å². The molecule has 1 aliphatic rings. The summed E-state index contributed by atoms with van der Waals surface area (Å²) in [7, 11) is 1.92. The van der Waals surface area contributed by atoms with Crippen molar-refractivity contribution in [1.82, 2.24) is 9.55 Å². The van der Waals surface area contributed by atoms with Crippen molar-refractivity contribution < 1.29 is 14.3 Å². The molecule has 29 heavy (non-hydrogen) atoms. The molecule has 1 aromatic carbocycles. The average molecular weight is 445 g/mol. The SMILES string of the molecule is CCOC1CC(N)(C(=O)Nc2ccc(OCc3nccn3C)cc2)C1(C)C.Cl.Cl. The number of carbonyl (C=O) groups is 1. The van der Waals surface area contributed by atoms with Crippen LogP contribution < -0.4 is 15.8 Å². The van der Waals surface area contributed by atoms with Crippen LogP contribution in [0.2, 0.25) is 0 Å². The number of amides is 1. The van der Waals surface area contributed by atoms with E-state index in [1.54, 1.807) is 18.3 Å². The van der Waals surface area contributed by atoms with Gasteiger partial charge in [0.2, 0.25) is 5.91 Å². The van der Waals surface area contributed by atoms with Crippen LogP contribution in [0.1, 0.15) is 33.0 Å². The number of halogens is 2. The highest BCUT2D eigenvalue weighted by atomic mass is 35.5. The molecule has 3 rings (SSSR count). The van der Waals surface area contributed by atoms with Crippen molar-refractivity contribution in [2.75, 3.05) is 11.9 Å². The minimum absolute atomic E-state index is 0. The maximum atomic E-state index is 12.8. The van der Waals surface area contributed by atoms with E-state index in [0.29, 0.717) is 31.1 Å². The molecule has 0 saturated heterocycles. The lowest BCUT2D eigenvalue weighted by Crippen LogP contribution is -2.74. The normalized spacial score (nSPS) is 21.9. The van der Waals surface area contributed by atoms with E-state index in [0.717, 1.165) is 5.82 Å². The summed E-state index contributed by atoms with van der Waals surface area (Å²) in [5.74, 6) is 1.36. The van der Waals surface area contributed by atoms with Gasteiger partial charge in [-0.2, -0.15) is 0 Å². The van der Waals surface area contributed by atoms with Crippen LogP contribution in [0.3, 0.4) is 0 Å². The fourth-order valence-electron chi connectivity index (χ4n) is 3.38. The number of hydrogen-bond donors (Lipinski definition) is 2. The molecule has 1 saturated carbocycles. The molecule has 3 N–H and O–H groups in total. The molecule has 0 spiro atoms. The van der Waals surface area contributed by atoms with Gasteiger partial charge in [-0.25, -0.2) is 4.98 Å². The highest BCUT2D eigenvalue weighted by molar-refractivity contribution is 5.99. The number of aromatic nitrogens is 2. The smallest absolute Gasteiger partial charge is 0.245 e. The molecule has 1 heterocycles. The van der Waals surface area contributed by atoms with Gasteiger partial charge in [0.05, 0.1) is 6.10 Å². The van der Waals surface area contributed by atoms with Gasteiger partial charge >= 0.3 is 0 Å². The van der Waals surface area contributed by atoms with E-state index in [9.17, 15) is 4.79 Å². The van der Waals surface area contributed by atoms with Crippen LogP contribution in [0, 0.1) is 5.41 Å². The quantitative estimate of drug-likeness (QED) is 0.683. The topological polar surface area (TPSA) is 91.4 Å². The van der Waals surface area contributed by atoms with E-state index >= 15 is 0 Å².